The van der Waals surface area contributed by atoms with E-state index in [-0.39, 0.29) is 34.2 Å². The molecule has 3 rings (SSSR count). The van der Waals surface area contributed by atoms with Gasteiger partial charge in [0.25, 0.3) is 0 Å². The summed E-state index contributed by atoms with van der Waals surface area (Å²) in [7, 11) is -6.94. The monoisotopic (exact) mass is 434 g/mol. The number of primary sulfonamides is 1. The molecule has 1 heterocycles. The molecule has 0 fully saturated rings. The maximum absolute atomic E-state index is 13.0. The SMILES string of the molecule is COc1ccc(S(=O)(=O)N2Cc3cccc(S(N)(=O)=O)c3C2)cc1OC(F)F. The summed E-state index contributed by atoms with van der Waals surface area (Å²) in [6.07, 6.45) is 0. The molecule has 2 aromatic carbocycles. The Labute approximate surface area is 160 Å². The lowest BCUT2D eigenvalue weighted by Gasteiger charge is -2.17. The Hall–Kier alpha value is -2.28. The molecule has 1 aliphatic heterocycles. The molecule has 0 saturated heterocycles. The average molecular weight is 434 g/mol. The molecule has 0 aromatic heterocycles. The van der Waals surface area contributed by atoms with Gasteiger partial charge in [0.15, 0.2) is 11.5 Å². The van der Waals surface area contributed by atoms with Gasteiger partial charge in [0, 0.05) is 19.2 Å². The van der Waals surface area contributed by atoms with Crippen molar-refractivity contribution in [1.29, 1.82) is 0 Å². The summed E-state index contributed by atoms with van der Waals surface area (Å²) in [5, 5.41) is 5.20. The minimum atomic E-state index is -4.13. The van der Waals surface area contributed by atoms with E-state index in [2.05, 4.69) is 4.74 Å². The summed E-state index contributed by atoms with van der Waals surface area (Å²) < 4.78 is 84.9. The summed E-state index contributed by atoms with van der Waals surface area (Å²) in [6.45, 7) is -3.47. The van der Waals surface area contributed by atoms with E-state index in [0.29, 0.717) is 5.56 Å². The molecule has 0 radical (unpaired) electrons. The van der Waals surface area contributed by atoms with Crippen molar-refractivity contribution in [3.05, 3.63) is 47.5 Å². The first kappa shape index (κ1) is 20.5. The molecule has 0 atom stereocenters. The lowest BCUT2D eigenvalue weighted by molar-refractivity contribution is -0.0513. The predicted octanol–water partition coefficient (Wildman–Crippen LogP) is 1.65. The van der Waals surface area contributed by atoms with Gasteiger partial charge in [-0.05, 0) is 29.3 Å². The zero-order valence-corrected chi connectivity index (χ0v) is 16.1. The predicted molar refractivity (Wildman–Crippen MR) is 93.9 cm³/mol. The second kappa shape index (κ2) is 7.28. The molecule has 0 aliphatic carbocycles. The van der Waals surface area contributed by atoms with Gasteiger partial charge >= 0.3 is 6.61 Å². The van der Waals surface area contributed by atoms with Crippen LogP contribution in [-0.2, 0) is 33.1 Å². The third-order valence-electron chi connectivity index (χ3n) is 4.21. The fraction of sp³-hybridized carbons (Fsp3) is 0.250. The third-order valence-corrected chi connectivity index (χ3v) is 6.99. The quantitative estimate of drug-likeness (QED) is 0.739. The van der Waals surface area contributed by atoms with Crippen molar-refractivity contribution in [3.8, 4) is 11.5 Å². The summed E-state index contributed by atoms with van der Waals surface area (Å²) in [4.78, 5) is -0.451. The van der Waals surface area contributed by atoms with E-state index in [0.717, 1.165) is 10.4 Å². The minimum absolute atomic E-state index is 0.0551. The fourth-order valence-corrected chi connectivity index (χ4v) is 5.16. The summed E-state index contributed by atoms with van der Waals surface area (Å²) >= 11 is 0. The van der Waals surface area contributed by atoms with Gasteiger partial charge < -0.3 is 9.47 Å². The molecule has 2 aromatic rings. The second-order valence-electron chi connectivity index (χ2n) is 5.90. The molecule has 0 amide bonds. The molecular weight excluding hydrogens is 418 g/mol. The molecule has 152 valence electrons. The van der Waals surface area contributed by atoms with E-state index in [1.165, 1.54) is 31.4 Å². The van der Waals surface area contributed by atoms with Crippen molar-refractivity contribution in [2.45, 2.75) is 29.5 Å². The van der Waals surface area contributed by atoms with E-state index in [1.54, 1.807) is 6.07 Å². The number of alkyl halides is 2. The van der Waals surface area contributed by atoms with Crippen LogP contribution in [0.3, 0.4) is 0 Å². The smallest absolute Gasteiger partial charge is 0.387 e. The Bertz CT molecular complexity index is 1120. The molecule has 12 heteroatoms. The van der Waals surface area contributed by atoms with Gasteiger partial charge in [0.05, 0.1) is 16.9 Å². The van der Waals surface area contributed by atoms with Crippen molar-refractivity contribution < 1.29 is 35.1 Å². The van der Waals surface area contributed by atoms with Gasteiger partial charge in [-0.1, -0.05) is 12.1 Å². The zero-order valence-electron chi connectivity index (χ0n) is 14.5. The molecule has 28 heavy (non-hydrogen) atoms. The molecule has 0 saturated carbocycles. The number of fused-ring (bicyclic) bond motifs is 1. The van der Waals surface area contributed by atoms with Crippen molar-refractivity contribution in [2.24, 2.45) is 5.14 Å². The highest BCUT2D eigenvalue weighted by molar-refractivity contribution is 7.89. The van der Waals surface area contributed by atoms with Crippen molar-refractivity contribution in [3.63, 3.8) is 0 Å². The van der Waals surface area contributed by atoms with Gasteiger partial charge in [0.1, 0.15) is 0 Å². The van der Waals surface area contributed by atoms with Crippen molar-refractivity contribution >= 4 is 20.0 Å². The van der Waals surface area contributed by atoms with Crippen LogP contribution in [0.25, 0.3) is 0 Å². The van der Waals surface area contributed by atoms with Gasteiger partial charge in [0.2, 0.25) is 20.0 Å². The number of halogens is 2. The first-order valence-corrected chi connectivity index (χ1v) is 10.8. The maximum Gasteiger partial charge on any atom is 0.387 e. The van der Waals surface area contributed by atoms with Crippen LogP contribution >= 0.6 is 0 Å². The lowest BCUT2D eigenvalue weighted by Crippen LogP contribution is -2.26. The molecule has 1 aliphatic rings. The van der Waals surface area contributed by atoms with Gasteiger partial charge in [-0.3, -0.25) is 0 Å². The number of hydrogen-bond acceptors (Lipinski definition) is 6. The fourth-order valence-electron chi connectivity index (χ4n) is 2.95. The van der Waals surface area contributed by atoms with E-state index >= 15 is 0 Å². The Balaban J connectivity index is 1.99. The van der Waals surface area contributed by atoms with E-state index in [9.17, 15) is 25.6 Å². The molecule has 0 bridgehead atoms. The Kier molecular flexibility index (Phi) is 5.32. The van der Waals surface area contributed by atoms with Crippen LogP contribution in [0.2, 0.25) is 0 Å². The normalized spacial score (nSPS) is 14.9. The Morgan fingerprint density at radius 3 is 2.39 bits per heavy atom. The lowest BCUT2D eigenvalue weighted by atomic mass is 10.1. The number of nitrogens with zero attached hydrogens (tertiary/aromatic N) is 1. The standard InChI is InChI=1S/C16H16F2N2O6S2/c1-25-13-6-5-11(7-14(13)26-16(17)18)28(23,24)20-8-10-3-2-4-15(12(10)9-20)27(19,21)22/h2-7,16H,8-9H2,1H3,(H2,19,21,22). The highest BCUT2D eigenvalue weighted by Crippen LogP contribution is 2.36. The topological polar surface area (TPSA) is 116 Å². The van der Waals surface area contributed by atoms with Crippen LogP contribution in [0.4, 0.5) is 8.78 Å². The zero-order chi connectivity index (χ0) is 20.7. The van der Waals surface area contributed by atoms with E-state index in [4.69, 9.17) is 9.88 Å². The van der Waals surface area contributed by atoms with Crippen LogP contribution in [0.15, 0.2) is 46.2 Å². The molecule has 2 N–H and O–H groups in total. The minimum Gasteiger partial charge on any atom is -0.493 e. The summed E-state index contributed by atoms with van der Waals surface area (Å²) in [5.74, 6) is -0.485. The average Bonchev–Trinajstić information content (AvgIpc) is 3.05. The molecule has 0 spiro atoms. The van der Waals surface area contributed by atoms with E-state index < -0.39 is 32.4 Å². The highest BCUT2D eigenvalue weighted by Gasteiger charge is 2.34. The number of benzene rings is 2. The maximum atomic E-state index is 13.0. The van der Waals surface area contributed by atoms with Crippen LogP contribution in [0.5, 0.6) is 11.5 Å². The molecule has 8 nitrogen and oxygen atoms in total. The van der Waals surface area contributed by atoms with E-state index in [1.807, 2.05) is 0 Å². The van der Waals surface area contributed by atoms with Gasteiger partial charge in [-0.15, -0.1) is 0 Å². The first-order valence-electron chi connectivity index (χ1n) is 7.80. The van der Waals surface area contributed by atoms with Crippen LogP contribution in [-0.4, -0.2) is 34.9 Å². The first-order chi connectivity index (χ1) is 13.0. The largest absolute Gasteiger partial charge is 0.493 e. The number of nitrogens with two attached hydrogens (primary N) is 1. The van der Waals surface area contributed by atoms with Gasteiger partial charge in [-0.25, -0.2) is 22.0 Å². The number of hydrogen-bond donors (Lipinski definition) is 1. The highest BCUT2D eigenvalue weighted by atomic mass is 32.2. The third kappa shape index (κ3) is 3.81. The van der Waals surface area contributed by atoms with Crippen LogP contribution < -0.4 is 14.6 Å². The summed E-state index contributed by atoms with van der Waals surface area (Å²) in [5.41, 5.74) is 0.777. The Morgan fingerprint density at radius 2 is 1.79 bits per heavy atom. The van der Waals surface area contributed by atoms with Crippen molar-refractivity contribution in [1.82, 2.24) is 4.31 Å². The number of rotatable bonds is 6. The second-order valence-corrected chi connectivity index (χ2v) is 9.37. The summed E-state index contributed by atoms with van der Waals surface area (Å²) in [6, 6.07) is 7.69. The van der Waals surface area contributed by atoms with Gasteiger partial charge in [-0.2, -0.15) is 13.1 Å². The number of sulfonamides is 2. The molecule has 0 unspecified atom stereocenters. The number of ether oxygens (including phenoxy) is 2. The number of methoxy groups -OCH3 is 1. The van der Waals surface area contributed by atoms with Crippen LogP contribution in [0, 0.1) is 0 Å². The molecular formula is C16H16F2N2O6S2. The Morgan fingerprint density at radius 1 is 1.07 bits per heavy atom. The van der Waals surface area contributed by atoms with Crippen LogP contribution in [0.1, 0.15) is 11.1 Å². The van der Waals surface area contributed by atoms with Crippen molar-refractivity contribution in [2.75, 3.05) is 7.11 Å².